The molecule has 1 aliphatic heterocycles. The van der Waals surface area contributed by atoms with Crippen LogP contribution in [0.1, 0.15) is 34.6 Å². The zero-order chi connectivity index (χ0) is 14.7. The molecule has 0 aliphatic carbocycles. The molecule has 0 spiro atoms. The van der Waals surface area contributed by atoms with Crippen LogP contribution in [0.4, 0.5) is 0 Å². The van der Waals surface area contributed by atoms with Gasteiger partial charge in [-0.15, -0.1) is 0 Å². The maximum atomic E-state index is 12.2. The quantitative estimate of drug-likeness (QED) is 0.632. The third-order valence-electron chi connectivity index (χ3n) is 3.22. The Kier molecular flexibility index (Phi) is 4.77. The highest BCUT2D eigenvalue weighted by molar-refractivity contribution is 8.22. The summed E-state index contributed by atoms with van der Waals surface area (Å²) in [7, 11) is 0. The zero-order valence-electron chi connectivity index (χ0n) is 11.5. The number of carbonyl (C=O) groups is 2. The van der Waals surface area contributed by atoms with Gasteiger partial charge in [0.2, 0.25) is 0 Å². The van der Waals surface area contributed by atoms with Gasteiger partial charge in [0.05, 0.1) is 17.0 Å². The fourth-order valence-electron chi connectivity index (χ4n) is 2.05. The first-order valence-corrected chi connectivity index (χ1v) is 7.86. The van der Waals surface area contributed by atoms with E-state index in [1.54, 1.807) is 24.3 Å². The lowest BCUT2D eigenvalue weighted by atomic mass is 10.1. The minimum Gasteiger partial charge on any atom is -0.358 e. The van der Waals surface area contributed by atoms with E-state index >= 15 is 0 Å². The first-order chi connectivity index (χ1) is 9.60. The van der Waals surface area contributed by atoms with Crippen LogP contribution in [-0.4, -0.2) is 44.9 Å². The fraction of sp³-hybridized carbons (Fsp3) is 0.357. The Bertz CT molecular complexity index is 521. The van der Waals surface area contributed by atoms with Gasteiger partial charge >= 0.3 is 0 Å². The Balaban J connectivity index is 2.04. The van der Waals surface area contributed by atoms with E-state index in [1.165, 1.54) is 16.7 Å². The van der Waals surface area contributed by atoms with E-state index in [2.05, 4.69) is 0 Å². The van der Waals surface area contributed by atoms with Crippen LogP contribution in [0.2, 0.25) is 0 Å². The molecule has 0 aromatic heterocycles. The molecule has 106 valence electrons. The lowest BCUT2D eigenvalue weighted by molar-refractivity contribution is 0.0684. The van der Waals surface area contributed by atoms with Gasteiger partial charge in [-0.1, -0.05) is 36.1 Å². The summed E-state index contributed by atoms with van der Waals surface area (Å²) >= 11 is 6.66. The Morgan fingerprint density at radius 3 is 2.10 bits per heavy atom. The predicted molar refractivity (Wildman–Crippen MR) is 84.9 cm³/mol. The summed E-state index contributed by atoms with van der Waals surface area (Å²) in [5, 5.41) is 0. The molecule has 1 aromatic rings. The summed E-state index contributed by atoms with van der Waals surface area (Å²) in [6.45, 7) is 5.70. The molecule has 0 atom stereocenters. The summed E-state index contributed by atoms with van der Waals surface area (Å²) in [4.78, 5) is 27.6. The number of amides is 2. The topological polar surface area (TPSA) is 40.6 Å². The van der Waals surface area contributed by atoms with Crippen molar-refractivity contribution in [1.29, 1.82) is 0 Å². The molecule has 0 fully saturated rings. The summed E-state index contributed by atoms with van der Waals surface area (Å²) in [5.74, 6) is -0.206. The average molecular weight is 308 g/mol. The molecule has 1 aliphatic rings. The highest BCUT2D eigenvalue weighted by atomic mass is 32.2. The van der Waals surface area contributed by atoms with Gasteiger partial charge in [-0.3, -0.25) is 14.5 Å². The summed E-state index contributed by atoms with van der Waals surface area (Å²) < 4.78 is 0.714. The van der Waals surface area contributed by atoms with Gasteiger partial charge in [-0.25, -0.2) is 0 Å². The minimum absolute atomic E-state index is 0.236. The van der Waals surface area contributed by atoms with E-state index in [-0.39, 0.29) is 17.7 Å². The number of rotatable bonds is 4. The molecule has 6 heteroatoms. The fourth-order valence-corrected chi connectivity index (χ4v) is 3.38. The molecule has 2 rings (SSSR count). The van der Waals surface area contributed by atoms with Crippen molar-refractivity contribution < 1.29 is 9.59 Å². The van der Waals surface area contributed by atoms with E-state index in [9.17, 15) is 9.59 Å². The summed E-state index contributed by atoms with van der Waals surface area (Å²) in [5.41, 5.74) is 0.957. The van der Waals surface area contributed by atoms with Crippen LogP contribution < -0.4 is 0 Å². The predicted octanol–water partition coefficient (Wildman–Crippen LogP) is 2.60. The molecular formula is C14H16N2O2S2. The summed E-state index contributed by atoms with van der Waals surface area (Å²) in [6.07, 6.45) is 0. The van der Waals surface area contributed by atoms with Gasteiger partial charge in [0, 0.05) is 13.1 Å². The van der Waals surface area contributed by atoms with E-state index in [4.69, 9.17) is 12.2 Å². The van der Waals surface area contributed by atoms with Crippen molar-refractivity contribution in [2.75, 3.05) is 19.0 Å². The van der Waals surface area contributed by atoms with E-state index in [0.717, 1.165) is 13.1 Å². The van der Waals surface area contributed by atoms with Crippen molar-refractivity contribution in [3.8, 4) is 0 Å². The molecule has 1 aromatic carbocycles. The van der Waals surface area contributed by atoms with Crippen molar-refractivity contribution >= 4 is 40.1 Å². The lowest BCUT2D eigenvalue weighted by Gasteiger charge is -2.22. The first kappa shape index (κ1) is 15.0. The van der Waals surface area contributed by atoms with Crippen LogP contribution >= 0.6 is 24.0 Å². The Morgan fingerprint density at radius 2 is 1.65 bits per heavy atom. The maximum absolute atomic E-state index is 12.2. The van der Waals surface area contributed by atoms with Crippen LogP contribution in [0.15, 0.2) is 24.3 Å². The standard InChI is InChI=1S/C14H16N2O2S2/c1-3-15(4-2)14(19)20-9-16-12(17)10-7-5-6-8-11(10)13(16)18/h5-8H,3-4,9H2,1-2H3. The SMILES string of the molecule is CCN(CC)C(=S)SCN1C(=O)c2ccccc2C1=O. The molecule has 0 saturated carbocycles. The second kappa shape index (κ2) is 6.37. The molecule has 1 heterocycles. The zero-order valence-corrected chi connectivity index (χ0v) is 13.1. The number of thiocarbonyl (C=S) groups is 1. The molecule has 0 saturated heterocycles. The third-order valence-corrected chi connectivity index (χ3v) is 4.72. The van der Waals surface area contributed by atoms with Gasteiger partial charge in [-0.2, -0.15) is 0 Å². The van der Waals surface area contributed by atoms with Gasteiger partial charge in [-0.05, 0) is 26.0 Å². The Morgan fingerprint density at radius 1 is 1.15 bits per heavy atom. The van der Waals surface area contributed by atoms with Gasteiger partial charge in [0.25, 0.3) is 11.8 Å². The molecule has 0 radical (unpaired) electrons. The van der Waals surface area contributed by atoms with Crippen molar-refractivity contribution in [1.82, 2.24) is 9.80 Å². The number of fused-ring (bicyclic) bond motifs is 1. The Labute approximate surface area is 128 Å². The molecule has 4 nitrogen and oxygen atoms in total. The number of imide groups is 1. The lowest BCUT2D eigenvalue weighted by Crippen LogP contribution is -2.32. The largest absolute Gasteiger partial charge is 0.358 e. The second-order valence-electron chi connectivity index (χ2n) is 4.30. The van der Waals surface area contributed by atoms with Gasteiger partial charge in [0.15, 0.2) is 0 Å². The smallest absolute Gasteiger partial charge is 0.262 e. The van der Waals surface area contributed by atoms with E-state index in [1.807, 2.05) is 18.7 Å². The molecule has 0 N–H and O–H groups in total. The number of carbonyl (C=O) groups excluding carboxylic acids is 2. The summed E-state index contributed by atoms with van der Waals surface area (Å²) in [6, 6.07) is 6.90. The third kappa shape index (κ3) is 2.71. The van der Waals surface area contributed by atoms with Gasteiger partial charge in [0.1, 0.15) is 4.32 Å². The maximum Gasteiger partial charge on any atom is 0.262 e. The average Bonchev–Trinajstić information content (AvgIpc) is 2.71. The van der Waals surface area contributed by atoms with Crippen LogP contribution in [0.3, 0.4) is 0 Å². The van der Waals surface area contributed by atoms with Crippen molar-refractivity contribution in [3.63, 3.8) is 0 Å². The van der Waals surface area contributed by atoms with E-state index < -0.39 is 0 Å². The van der Waals surface area contributed by atoms with Crippen LogP contribution in [-0.2, 0) is 0 Å². The minimum atomic E-state index is -0.236. The number of benzene rings is 1. The normalized spacial score (nSPS) is 13.6. The number of nitrogens with zero attached hydrogens (tertiary/aromatic N) is 2. The highest BCUT2D eigenvalue weighted by Crippen LogP contribution is 2.24. The second-order valence-corrected chi connectivity index (χ2v) is 5.87. The molecule has 20 heavy (non-hydrogen) atoms. The van der Waals surface area contributed by atoms with Gasteiger partial charge < -0.3 is 4.90 Å². The van der Waals surface area contributed by atoms with Crippen LogP contribution in [0.25, 0.3) is 0 Å². The van der Waals surface area contributed by atoms with Crippen molar-refractivity contribution in [3.05, 3.63) is 35.4 Å². The molecule has 0 bridgehead atoms. The monoisotopic (exact) mass is 308 g/mol. The van der Waals surface area contributed by atoms with Crippen LogP contribution in [0, 0.1) is 0 Å². The molecule has 0 unspecified atom stereocenters. The Hall–Kier alpha value is -1.40. The molecule has 2 amide bonds. The van der Waals surface area contributed by atoms with Crippen LogP contribution in [0.5, 0.6) is 0 Å². The van der Waals surface area contributed by atoms with Crippen molar-refractivity contribution in [2.24, 2.45) is 0 Å². The number of thioether (sulfide) groups is 1. The highest BCUT2D eigenvalue weighted by Gasteiger charge is 2.35. The van der Waals surface area contributed by atoms with Crippen molar-refractivity contribution in [2.45, 2.75) is 13.8 Å². The first-order valence-electron chi connectivity index (χ1n) is 6.47. The number of hydrogen-bond acceptors (Lipinski definition) is 4. The number of hydrogen-bond donors (Lipinski definition) is 0. The van der Waals surface area contributed by atoms with E-state index in [0.29, 0.717) is 15.4 Å². The molecular weight excluding hydrogens is 292 g/mol.